The van der Waals surface area contributed by atoms with Gasteiger partial charge in [0.25, 0.3) is 0 Å². The van der Waals surface area contributed by atoms with Crippen LogP contribution in [0.4, 0.5) is 9.59 Å². The fourth-order valence-electron chi connectivity index (χ4n) is 6.26. The number of amides is 4. The van der Waals surface area contributed by atoms with E-state index in [4.69, 9.17) is 24.2 Å². The standard InChI is InChI=1S/C45H69N7O10Si2/c1-29(47-38(56)34(28-59-63(10,11)43(2,3)4)49-42(58)61-52-35(53)25-26-36(52)54)37(55)48-33-20-17-27-51(39(33)62-64(12,13)44(5,6)7)40(46)50-41(57)60-45(8,9)32-23-21-31(22-24-32)30-18-15-14-16-19-30/h14-16,18-19,21-26,29,33-34,39,53-54H,17,20,27-28H2,1-13H3,(H,47,56)(H,48,55)(H,49,58)(H2,46,50,57). The molecule has 19 heteroatoms. The molecule has 64 heavy (non-hydrogen) atoms. The number of benzene rings is 2. The van der Waals surface area contributed by atoms with Crippen molar-refractivity contribution in [3.05, 3.63) is 72.3 Å². The fraction of sp³-hybridized carbons (Fsp3) is 0.533. The number of aromatic nitrogens is 1. The summed E-state index contributed by atoms with van der Waals surface area (Å²) in [5.41, 5.74) is 8.40. The molecule has 1 saturated heterocycles. The van der Waals surface area contributed by atoms with Gasteiger partial charge < -0.3 is 55.2 Å². The molecule has 2 aromatic carbocycles. The first-order chi connectivity index (χ1) is 29.5. The summed E-state index contributed by atoms with van der Waals surface area (Å²) in [6.45, 7) is 25.6. The quantitative estimate of drug-likeness (QED) is 0.0551. The van der Waals surface area contributed by atoms with E-state index in [0.717, 1.165) is 28.8 Å². The highest BCUT2D eigenvalue weighted by Gasteiger charge is 2.45. The first-order valence-corrected chi connectivity index (χ1v) is 27.4. The van der Waals surface area contributed by atoms with Gasteiger partial charge in [0.2, 0.25) is 29.5 Å². The van der Waals surface area contributed by atoms with Crippen molar-refractivity contribution in [3.63, 3.8) is 0 Å². The van der Waals surface area contributed by atoms with Crippen LogP contribution in [0.3, 0.4) is 0 Å². The van der Waals surface area contributed by atoms with Crippen LogP contribution in [0.25, 0.3) is 11.1 Å². The van der Waals surface area contributed by atoms with Crippen molar-refractivity contribution in [3.8, 4) is 22.9 Å². The molecule has 352 valence electrons. The summed E-state index contributed by atoms with van der Waals surface area (Å²) in [6.07, 6.45) is -1.86. The summed E-state index contributed by atoms with van der Waals surface area (Å²) in [5.74, 6) is -2.53. The lowest BCUT2D eigenvalue weighted by Crippen LogP contribution is -2.64. The van der Waals surface area contributed by atoms with Crippen LogP contribution in [0.15, 0.2) is 71.7 Å². The number of aromatic hydroxyl groups is 2. The predicted octanol–water partition coefficient (Wildman–Crippen LogP) is 6.91. The van der Waals surface area contributed by atoms with Gasteiger partial charge in [0, 0.05) is 18.7 Å². The van der Waals surface area contributed by atoms with Crippen LogP contribution in [-0.4, -0.2) is 104 Å². The van der Waals surface area contributed by atoms with E-state index in [-0.39, 0.29) is 22.6 Å². The van der Waals surface area contributed by atoms with Crippen LogP contribution in [0, 0.1) is 0 Å². The van der Waals surface area contributed by atoms with Gasteiger partial charge in [0.1, 0.15) is 23.9 Å². The van der Waals surface area contributed by atoms with Crippen molar-refractivity contribution < 1.29 is 47.8 Å². The molecule has 0 spiro atoms. The van der Waals surface area contributed by atoms with Crippen molar-refractivity contribution >= 4 is 46.6 Å². The molecule has 2 heterocycles. The number of nitrogens with one attached hydrogen (secondary N) is 3. The SMILES string of the molecule is CC(NC(=O)C(CO[Si](C)(C)C(C)(C)C)NC(=O)On1c(O)ccc1O)C(=O)NC1CCCN(C(N)=NC(=O)OC(C)(C)c2ccc(-c3ccccc3)cc2)C1O[Si](C)(C)C(C)(C)C. The Hall–Kier alpha value is -5.38. The second kappa shape index (κ2) is 20.2. The summed E-state index contributed by atoms with van der Waals surface area (Å²) in [7, 11) is -5.01. The molecule has 1 aliphatic rings. The van der Waals surface area contributed by atoms with E-state index < -0.39 is 82.4 Å². The highest BCUT2D eigenvalue weighted by molar-refractivity contribution is 6.74. The number of carbonyl (C=O) groups is 4. The smallest absolute Gasteiger partial charge is 0.437 e. The molecule has 0 bridgehead atoms. The van der Waals surface area contributed by atoms with E-state index in [1.807, 2.05) is 88.5 Å². The molecular formula is C45H69N7O10Si2. The van der Waals surface area contributed by atoms with E-state index in [1.54, 1.807) is 18.7 Å². The van der Waals surface area contributed by atoms with E-state index in [2.05, 4.69) is 54.8 Å². The van der Waals surface area contributed by atoms with Gasteiger partial charge in [-0.05, 0) is 86.6 Å². The van der Waals surface area contributed by atoms with Gasteiger partial charge in [0.05, 0.1) is 12.6 Å². The average Bonchev–Trinajstić information content (AvgIpc) is 3.51. The number of ether oxygens (including phenoxy) is 1. The van der Waals surface area contributed by atoms with Gasteiger partial charge >= 0.3 is 12.2 Å². The summed E-state index contributed by atoms with van der Waals surface area (Å²) in [6, 6.07) is 16.8. The maximum absolute atomic E-state index is 14.0. The number of piperidine rings is 1. The molecule has 4 atom stereocenters. The lowest BCUT2D eigenvalue weighted by molar-refractivity contribution is -0.131. The lowest BCUT2D eigenvalue weighted by Gasteiger charge is -2.48. The summed E-state index contributed by atoms with van der Waals surface area (Å²) < 4.78 is 19.5. The maximum Gasteiger partial charge on any atom is 0.437 e. The van der Waals surface area contributed by atoms with E-state index in [9.17, 15) is 29.4 Å². The Morgan fingerprint density at radius 3 is 1.94 bits per heavy atom. The molecule has 4 unspecified atom stereocenters. The van der Waals surface area contributed by atoms with Gasteiger partial charge in [-0.3, -0.25) is 9.59 Å². The monoisotopic (exact) mass is 923 g/mol. The molecule has 3 aromatic rings. The molecule has 0 radical (unpaired) electrons. The van der Waals surface area contributed by atoms with Crippen LogP contribution in [0.5, 0.6) is 11.8 Å². The topological polar surface area (TPSA) is 228 Å². The normalized spacial score (nSPS) is 17.5. The van der Waals surface area contributed by atoms with Crippen molar-refractivity contribution in [2.45, 2.75) is 141 Å². The first kappa shape index (κ1) is 51.3. The Balaban J connectivity index is 1.52. The van der Waals surface area contributed by atoms with Crippen LogP contribution >= 0.6 is 0 Å². The third-order valence-corrected chi connectivity index (χ3v) is 21.3. The molecule has 17 nitrogen and oxygen atoms in total. The van der Waals surface area contributed by atoms with Gasteiger partial charge in [-0.1, -0.05) is 96.1 Å². The Labute approximate surface area is 379 Å². The number of hydrogen-bond acceptors (Lipinski definition) is 10. The number of nitrogens with two attached hydrogens (primary N) is 1. The number of nitrogens with zero attached hydrogens (tertiary/aromatic N) is 3. The highest BCUT2D eigenvalue weighted by Crippen LogP contribution is 2.39. The Morgan fingerprint density at radius 1 is 0.812 bits per heavy atom. The van der Waals surface area contributed by atoms with Gasteiger partial charge in [-0.15, -0.1) is 9.72 Å². The molecule has 4 amide bonds. The third kappa shape index (κ3) is 13.1. The molecule has 7 N–H and O–H groups in total. The Bertz CT molecular complexity index is 2110. The predicted molar refractivity (Wildman–Crippen MR) is 250 cm³/mol. The molecule has 0 saturated carbocycles. The second-order valence-electron chi connectivity index (χ2n) is 19.7. The van der Waals surface area contributed by atoms with Crippen LogP contribution in [0.1, 0.15) is 80.7 Å². The minimum atomic E-state index is -2.56. The Morgan fingerprint density at radius 2 is 1.38 bits per heavy atom. The maximum atomic E-state index is 14.0. The zero-order valence-corrected chi connectivity index (χ0v) is 41.6. The van der Waals surface area contributed by atoms with E-state index in [0.29, 0.717) is 24.1 Å². The largest absolute Gasteiger partial charge is 0.492 e. The molecular weight excluding hydrogens is 855 g/mol. The number of aliphatic imine (C=N–C) groups is 1. The number of guanidine groups is 1. The Kier molecular flexibility index (Phi) is 16.2. The summed E-state index contributed by atoms with van der Waals surface area (Å²) in [4.78, 5) is 65.1. The number of rotatable bonds is 14. The van der Waals surface area contributed by atoms with Crippen LogP contribution < -0.4 is 26.5 Å². The molecule has 4 rings (SSSR count). The highest BCUT2D eigenvalue weighted by atomic mass is 28.4. The van der Waals surface area contributed by atoms with Crippen LogP contribution in [-0.2, 0) is 28.8 Å². The van der Waals surface area contributed by atoms with Crippen molar-refractivity contribution in [1.29, 1.82) is 0 Å². The zero-order chi connectivity index (χ0) is 48.0. The van der Waals surface area contributed by atoms with Gasteiger partial charge in [0.15, 0.2) is 16.6 Å². The fourth-order valence-corrected chi connectivity index (χ4v) is 8.52. The van der Waals surface area contributed by atoms with E-state index >= 15 is 0 Å². The first-order valence-electron chi connectivity index (χ1n) is 21.5. The minimum Gasteiger partial charge on any atom is -0.492 e. The van der Waals surface area contributed by atoms with Crippen LogP contribution in [0.2, 0.25) is 36.3 Å². The average molecular weight is 924 g/mol. The summed E-state index contributed by atoms with van der Waals surface area (Å²) >= 11 is 0. The van der Waals surface area contributed by atoms with Gasteiger partial charge in [-0.2, -0.15) is 0 Å². The lowest BCUT2D eigenvalue weighted by atomic mass is 9.95. The molecule has 1 aliphatic heterocycles. The second-order valence-corrected chi connectivity index (χ2v) is 29.3. The number of carbonyl (C=O) groups excluding carboxylic acids is 4. The third-order valence-electron chi connectivity index (χ3n) is 12.4. The van der Waals surface area contributed by atoms with Crippen molar-refractivity contribution in [2.24, 2.45) is 10.7 Å². The molecule has 0 aliphatic carbocycles. The zero-order valence-electron chi connectivity index (χ0n) is 39.6. The van der Waals surface area contributed by atoms with Crippen molar-refractivity contribution in [2.75, 3.05) is 13.2 Å². The minimum absolute atomic E-state index is 0.131. The number of hydrogen-bond donors (Lipinski definition) is 6. The van der Waals surface area contributed by atoms with Crippen molar-refractivity contribution in [1.82, 2.24) is 25.6 Å². The number of likely N-dealkylation sites (tertiary alicyclic amines) is 1. The van der Waals surface area contributed by atoms with E-state index in [1.165, 1.54) is 6.92 Å². The van der Waals surface area contributed by atoms with Gasteiger partial charge in [-0.25, -0.2) is 9.59 Å². The summed E-state index contributed by atoms with van der Waals surface area (Å²) in [5, 5.41) is 27.6. The molecule has 1 fully saturated rings. The molecule has 1 aromatic heterocycles.